The van der Waals surface area contributed by atoms with E-state index in [-0.39, 0.29) is 0 Å². The second-order valence-corrected chi connectivity index (χ2v) is 5.48. The van der Waals surface area contributed by atoms with Gasteiger partial charge in [-0.15, -0.1) is 0 Å². The van der Waals surface area contributed by atoms with Crippen molar-refractivity contribution in [2.45, 2.75) is 39.0 Å². The van der Waals surface area contributed by atoms with Crippen molar-refractivity contribution in [2.24, 2.45) is 0 Å². The Morgan fingerprint density at radius 3 is 2.30 bits per heavy atom. The van der Waals surface area contributed by atoms with Gasteiger partial charge in [-0.1, -0.05) is 62.4 Å². The molecule has 0 aromatic heterocycles. The number of hydrogen-bond acceptors (Lipinski definition) is 1. The van der Waals surface area contributed by atoms with E-state index in [4.69, 9.17) is 4.74 Å². The molecule has 1 nitrogen and oxygen atoms in total. The normalized spacial score (nSPS) is 10.8. The zero-order valence-corrected chi connectivity index (χ0v) is 12.5. The summed E-state index contributed by atoms with van der Waals surface area (Å²) >= 11 is 0. The lowest BCUT2D eigenvalue weighted by Crippen LogP contribution is -2.01. The maximum absolute atomic E-state index is 5.94. The third-order valence-corrected chi connectivity index (χ3v) is 3.50. The van der Waals surface area contributed by atoms with Gasteiger partial charge >= 0.3 is 0 Å². The molecular formula is C19H24O. The van der Waals surface area contributed by atoms with Crippen LogP contribution in [0.2, 0.25) is 0 Å². The molecule has 0 radical (unpaired) electrons. The maximum Gasteiger partial charge on any atom is 0.122 e. The van der Waals surface area contributed by atoms with Gasteiger partial charge in [0.25, 0.3) is 0 Å². The minimum atomic E-state index is 0.510. The fraction of sp³-hybridized carbons (Fsp3) is 0.368. The van der Waals surface area contributed by atoms with Crippen LogP contribution in [0.1, 0.15) is 43.7 Å². The minimum Gasteiger partial charge on any atom is -0.493 e. The summed E-state index contributed by atoms with van der Waals surface area (Å²) in [4.78, 5) is 0. The van der Waals surface area contributed by atoms with Gasteiger partial charge in [-0.05, 0) is 42.4 Å². The van der Waals surface area contributed by atoms with Gasteiger partial charge in [0.2, 0.25) is 0 Å². The monoisotopic (exact) mass is 268 g/mol. The molecule has 0 amide bonds. The Bertz CT molecular complexity index is 502. The molecular weight excluding hydrogens is 244 g/mol. The molecule has 0 saturated heterocycles. The summed E-state index contributed by atoms with van der Waals surface area (Å²) in [5.74, 6) is 1.55. The van der Waals surface area contributed by atoms with Gasteiger partial charge in [-0.2, -0.15) is 0 Å². The predicted octanol–water partition coefficient (Wildman–Crippen LogP) is 5.21. The predicted molar refractivity (Wildman–Crippen MR) is 85.4 cm³/mol. The molecule has 0 aliphatic heterocycles. The van der Waals surface area contributed by atoms with Crippen LogP contribution in [-0.4, -0.2) is 6.61 Å². The number of para-hydroxylation sites is 1. The van der Waals surface area contributed by atoms with Crippen molar-refractivity contribution in [1.29, 1.82) is 0 Å². The summed E-state index contributed by atoms with van der Waals surface area (Å²) < 4.78 is 5.94. The average Bonchev–Trinajstić information content (AvgIpc) is 2.48. The Labute approximate surface area is 122 Å². The highest BCUT2D eigenvalue weighted by atomic mass is 16.5. The zero-order chi connectivity index (χ0) is 14.2. The molecule has 0 saturated carbocycles. The van der Waals surface area contributed by atoms with Crippen molar-refractivity contribution in [2.75, 3.05) is 6.61 Å². The van der Waals surface area contributed by atoms with E-state index in [2.05, 4.69) is 62.4 Å². The van der Waals surface area contributed by atoms with E-state index in [0.29, 0.717) is 5.92 Å². The van der Waals surface area contributed by atoms with Crippen molar-refractivity contribution in [3.63, 3.8) is 0 Å². The fourth-order valence-electron chi connectivity index (χ4n) is 2.35. The van der Waals surface area contributed by atoms with Crippen LogP contribution in [0.4, 0.5) is 0 Å². The van der Waals surface area contributed by atoms with Crippen LogP contribution in [0.5, 0.6) is 5.75 Å². The lowest BCUT2D eigenvalue weighted by atomic mass is 10.0. The van der Waals surface area contributed by atoms with Crippen molar-refractivity contribution in [3.8, 4) is 5.75 Å². The molecule has 0 unspecified atom stereocenters. The smallest absolute Gasteiger partial charge is 0.122 e. The SMILES string of the molecule is CC(C)c1ccccc1OCCCCc1ccccc1. The third-order valence-electron chi connectivity index (χ3n) is 3.50. The average molecular weight is 268 g/mol. The van der Waals surface area contributed by atoms with Crippen LogP contribution in [-0.2, 0) is 6.42 Å². The highest BCUT2D eigenvalue weighted by molar-refractivity contribution is 5.35. The van der Waals surface area contributed by atoms with Crippen molar-refractivity contribution in [1.82, 2.24) is 0 Å². The molecule has 0 fully saturated rings. The molecule has 0 aliphatic carbocycles. The quantitative estimate of drug-likeness (QED) is 0.626. The van der Waals surface area contributed by atoms with Crippen molar-refractivity contribution in [3.05, 3.63) is 65.7 Å². The van der Waals surface area contributed by atoms with E-state index in [1.165, 1.54) is 17.5 Å². The number of benzene rings is 2. The number of unbranched alkanes of at least 4 members (excludes halogenated alkanes) is 1. The Morgan fingerprint density at radius 1 is 0.850 bits per heavy atom. The molecule has 2 aromatic rings. The van der Waals surface area contributed by atoms with E-state index in [1.807, 2.05) is 6.07 Å². The summed E-state index contributed by atoms with van der Waals surface area (Å²) in [6, 6.07) is 19.0. The van der Waals surface area contributed by atoms with Crippen LogP contribution in [0.15, 0.2) is 54.6 Å². The van der Waals surface area contributed by atoms with Crippen molar-refractivity contribution >= 4 is 0 Å². The zero-order valence-electron chi connectivity index (χ0n) is 12.5. The molecule has 0 bridgehead atoms. The minimum absolute atomic E-state index is 0.510. The standard InChI is InChI=1S/C19H24O/c1-16(2)18-13-6-7-14-19(18)20-15-9-8-12-17-10-4-3-5-11-17/h3-7,10-11,13-14,16H,8-9,12,15H2,1-2H3. The molecule has 106 valence electrons. The van der Waals surface area contributed by atoms with Gasteiger partial charge in [0.15, 0.2) is 0 Å². The van der Waals surface area contributed by atoms with Gasteiger partial charge in [-0.3, -0.25) is 0 Å². The van der Waals surface area contributed by atoms with Crippen LogP contribution in [0, 0.1) is 0 Å². The molecule has 0 spiro atoms. The molecule has 20 heavy (non-hydrogen) atoms. The first-order valence-electron chi connectivity index (χ1n) is 7.53. The molecule has 2 rings (SSSR count). The second-order valence-electron chi connectivity index (χ2n) is 5.48. The Morgan fingerprint density at radius 2 is 1.55 bits per heavy atom. The summed E-state index contributed by atoms with van der Waals surface area (Å²) in [6.45, 7) is 5.21. The van der Waals surface area contributed by atoms with E-state index in [9.17, 15) is 0 Å². The van der Waals surface area contributed by atoms with Gasteiger partial charge in [0.1, 0.15) is 5.75 Å². The summed E-state index contributed by atoms with van der Waals surface area (Å²) in [5, 5.41) is 0. The Kier molecular flexibility index (Phi) is 5.67. The maximum atomic E-state index is 5.94. The Hall–Kier alpha value is -1.76. The highest BCUT2D eigenvalue weighted by Crippen LogP contribution is 2.25. The van der Waals surface area contributed by atoms with Crippen LogP contribution >= 0.6 is 0 Å². The van der Waals surface area contributed by atoms with Gasteiger partial charge < -0.3 is 4.74 Å². The first-order chi connectivity index (χ1) is 9.77. The topological polar surface area (TPSA) is 9.23 Å². The van der Waals surface area contributed by atoms with E-state index < -0.39 is 0 Å². The number of hydrogen-bond donors (Lipinski definition) is 0. The lowest BCUT2D eigenvalue weighted by Gasteiger charge is -2.13. The van der Waals surface area contributed by atoms with Crippen LogP contribution < -0.4 is 4.74 Å². The van der Waals surface area contributed by atoms with Crippen molar-refractivity contribution < 1.29 is 4.74 Å². The molecule has 0 aliphatic rings. The highest BCUT2D eigenvalue weighted by Gasteiger charge is 2.06. The first kappa shape index (κ1) is 14.6. The first-order valence-corrected chi connectivity index (χ1v) is 7.53. The molecule has 2 aromatic carbocycles. The summed E-state index contributed by atoms with van der Waals surface area (Å²) in [6.07, 6.45) is 3.41. The van der Waals surface area contributed by atoms with Gasteiger partial charge in [0, 0.05) is 0 Å². The van der Waals surface area contributed by atoms with E-state index in [0.717, 1.165) is 25.2 Å². The largest absolute Gasteiger partial charge is 0.493 e. The molecule has 0 atom stereocenters. The summed E-state index contributed by atoms with van der Waals surface area (Å²) in [7, 11) is 0. The third kappa shape index (κ3) is 4.41. The molecule has 0 N–H and O–H groups in total. The summed E-state index contributed by atoms with van der Waals surface area (Å²) in [5.41, 5.74) is 2.71. The fourth-order valence-corrected chi connectivity index (χ4v) is 2.35. The number of aryl methyl sites for hydroxylation is 1. The number of ether oxygens (including phenoxy) is 1. The van der Waals surface area contributed by atoms with Crippen LogP contribution in [0.3, 0.4) is 0 Å². The Balaban J connectivity index is 1.74. The van der Waals surface area contributed by atoms with Crippen LogP contribution in [0.25, 0.3) is 0 Å². The molecule has 1 heteroatoms. The van der Waals surface area contributed by atoms with Gasteiger partial charge in [0.05, 0.1) is 6.61 Å². The lowest BCUT2D eigenvalue weighted by molar-refractivity contribution is 0.303. The second kappa shape index (κ2) is 7.74. The van der Waals surface area contributed by atoms with E-state index in [1.54, 1.807) is 0 Å². The number of rotatable bonds is 7. The molecule has 0 heterocycles. The van der Waals surface area contributed by atoms with Gasteiger partial charge in [-0.25, -0.2) is 0 Å². The van der Waals surface area contributed by atoms with E-state index >= 15 is 0 Å².